The standard InChI is InChI=1S/C13H13F3N2O3S/c14-13(15,16)22-9-4-2-1-3-7(9)5-17-11(20)10-8(19)6-18-12(10)21/h1-4,8,10,19H,5-6H2,(H,17,20)(H,18,21). The Hall–Kier alpha value is -1.74. The van der Waals surface area contributed by atoms with E-state index < -0.39 is 29.3 Å². The van der Waals surface area contributed by atoms with Gasteiger partial charge in [-0.15, -0.1) is 0 Å². The summed E-state index contributed by atoms with van der Waals surface area (Å²) in [7, 11) is 0. The molecule has 9 heteroatoms. The van der Waals surface area contributed by atoms with Crippen LogP contribution in [0.3, 0.4) is 0 Å². The first-order chi connectivity index (χ1) is 10.3. The van der Waals surface area contributed by atoms with Gasteiger partial charge in [0.05, 0.1) is 6.10 Å². The Morgan fingerprint density at radius 2 is 2.09 bits per heavy atom. The van der Waals surface area contributed by atoms with E-state index >= 15 is 0 Å². The van der Waals surface area contributed by atoms with Crippen LogP contribution in [0, 0.1) is 5.92 Å². The molecule has 5 nitrogen and oxygen atoms in total. The van der Waals surface area contributed by atoms with E-state index in [0.717, 1.165) is 0 Å². The first-order valence-electron chi connectivity index (χ1n) is 6.35. The fraction of sp³-hybridized carbons (Fsp3) is 0.385. The maximum atomic E-state index is 12.5. The average molecular weight is 334 g/mol. The van der Waals surface area contributed by atoms with Crippen molar-refractivity contribution in [2.24, 2.45) is 5.92 Å². The summed E-state index contributed by atoms with van der Waals surface area (Å²) in [6.07, 6.45) is -1.13. The fourth-order valence-corrected chi connectivity index (χ4v) is 2.74. The molecular weight excluding hydrogens is 321 g/mol. The largest absolute Gasteiger partial charge is 0.446 e. The lowest BCUT2D eigenvalue weighted by Gasteiger charge is -2.14. The van der Waals surface area contributed by atoms with Crippen molar-refractivity contribution in [1.82, 2.24) is 10.6 Å². The van der Waals surface area contributed by atoms with E-state index in [0.29, 0.717) is 0 Å². The molecule has 1 aliphatic heterocycles. The van der Waals surface area contributed by atoms with E-state index in [1.807, 2.05) is 0 Å². The number of nitrogens with one attached hydrogen (secondary N) is 2. The normalized spacial score (nSPS) is 21.5. The molecule has 0 aromatic heterocycles. The van der Waals surface area contributed by atoms with Gasteiger partial charge in [0.2, 0.25) is 11.8 Å². The van der Waals surface area contributed by atoms with Gasteiger partial charge in [-0.05, 0) is 23.4 Å². The van der Waals surface area contributed by atoms with Gasteiger partial charge >= 0.3 is 5.51 Å². The Bertz CT molecular complexity index is 580. The summed E-state index contributed by atoms with van der Waals surface area (Å²) in [6.45, 7) is -0.175. The first kappa shape index (κ1) is 16.6. The van der Waals surface area contributed by atoms with E-state index in [9.17, 15) is 27.9 Å². The molecule has 0 radical (unpaired) electrons. The summed E-state index contributed by atoms with van der Waals surface area (Å²) in [5.74, 6) is -2.54. The number of carbonyl (C=O) groups is 2. The van der Waals surface area contributed by atoms with Crippen molar-refractivity contribution in [3.05, 3.63) is 29.8 Å². The van der Waals surface area contributed by atoms with Gasteiger partial charge in [-0.25, -0.2) is 0 Å². The molecule has 0 aliphatic carbocycles. The van der Waals surface area contributed by atoms with Crippen LogP contribution >= 0.6 is 11.8 Å². The molecular formula is C13H13F3N2O3S. The molecule has 0 spiro atoms. The zero-order valence-electron chi connectivity index (χ0n) is 11.2. The summed E-state index contributed by atoms with van der Waals surface area (Å²) < 4.78 is 37.4. The molecule has 22 heavy (non-hydrogen) atoms. The molecule has 120 valence electrons. The van der Waals surface area contributed by atoms with Gasteiger partial charge in [0.1, 0.15) is 5.92 Å². The minimum Gasteiger partial charge on any atom is -0.390 e. The fourth-order valence-electron chi connectivity index (χ4n) is 2.07. The number of aliphatic hydroxyl groups excluding tert-OH is 1. The first-order valence-corrected chi connectivity index (χ1v) is 7.17. The molecule has 1 fully saturated rings. The molecule has 1 aromatic rings. The van der Waals surface area contributed by atoms with Crippen molar-refractivity contribution in [2.45, 2.75) is 23.1 Å². The number of alkyl halides is 3. The van der Waals surface area contributed by atoms with Gasteiger partial charge in [0, 0.05) is 18.0 Å². The van der Waals surface area contributed by atoms with E-state index in [1.165, 1.54) is 18.2 Å². The average Bonchev–Trinajstić information content (AvgIpc) is 2.75. The molecule has 0 bridgehead atoms. The highest BCUT2D eigenvalue weighted by Gasteiger charge is 2.39. The molecule has 2 rings (SSSR count). The Balaban J connectivity index is 2.02. The van der Waals surface area contributed by atoms with Crippen molar-refractivity contribution in [3.8, 4) is 0 Å². The van der Waals surface area contributed by atoms with Crippen molar-refractivity contribution >= 4 is 23.6 Å². The van der Waals surface area contributed by atoms with Crippen molar-refractivity contribution in [2.75, 3.05) is 6.54 Å². The molecule has 2 atom stereocenters. The predicted molar refractivity (Wildman–Crippen MR) is 72.7 cm³/mol. The number of halogens is 3. The quantitative estimate of drug-likeness (QED) is 0.567. The number of thioether (sulfide) groups is 1. The summed E-state index contributed by atoms with van der Waals surface area (Å²) in [5.41, 5.74) is -4.15. The monoisotopic (exact) mass is 334 g/mol. The molecule has 1 saturated heterocycles. The number of carbonyl (C=O) groups excluding carboxylic acids is 2. The molecule has 0 saturated carbocycles. The van der Waals surface area contributed by atoms with Crippen molar-refractivity contribution in [3.63, 3.8) is 0 Å². The Kier molecular flexibility index (Phi) is 4.97. The van der Waals surface area contributed by atoms with E-state index in [2.05, 4.69) is 10.6 Å². The second-order valence-electron chi connectivity index (χ2n) is 4.66. The third-order valence-electron chi connectivity index (χ3n) is 3.09. The number of benzene rings is 1. The zero-order valence-corrected chi connectivity index (χ0v) is 12.0. The van der Waals surface area contributed by atoms with Crippen LogP contribution in [0.4, 0.5) is 13.2 Å². The lowest BCUT2D eigenvalue weighted by molar-refractivity contribution is -0.135. The highest BCUT2D eigenvalue weighted by Crippen LogP contribution is 2.38. The second kappa shape index (κ2) is 6.57. The maximum Gasteiger partial charge on any atom is 0.446 e. The summed E-state index contributed by atoms with van der Waals surface area (Å²) in [4.78, 5) is 23.3. The minimum absolute atomic E-state index is 0.0164. The Labute approximate surface area is 128 Å². The molecule has 2 amide bonds. The van der Waals surface area contributed by atoms with Crippen LogP contribution in [0.15, 0.2) is 29.2 Å². The molecule has 1 aliphatic rings. The van der Waals surface area contributed by atoms with Gasteiger partial charge in [0.15, 0.2) is 0 Å². The lowest BCUT2D eigenvalue weighted by Crippen LogP contribution is -2.39. The molecule has 2 unspecified atom stereocenters. The third-order valence-corrected chi connectivity index (χ3v) is 3.94. The summed E-state index contributed by atoms with van der Waals surface area (Å²) in [5, 5.41) is 14.3. The van der Waals surface area contributed by atoms with Crippen LogP contribution in [0.25, 0.3) is 0 Å². The molecule has 1 heterocycles. The lowest BCUT2D eigenvalue weighted by atomic mass is 10.0. The highest BCUT2D eigenvalue weighted by atomic mass is 32.2. The van der Waals surface area contributed by atoms with Crippen LogP contribution < -0.4 is 10.6 Å². The topological polar surface area (TPSA) is 78.4 Å². The van der Waals surface area contributed by atoms with E-state index in [-0.39, 0.29) is 35.3 Å². The van der Waals surface area contributed by atoms with Crippen molar-refractivity contribution < 1.29 is 27.9 Å². The van der Waals surface area contributed by atoms with Crippen LogP contribution in [0.5, 0.6) is 0 Å². The maximum absolute atomic E-state index is 12.5. The summed E-state index contributed by atoms with van der Waals surface area (Å²) in [6, 6.07) is 5.78. The number of hydrogen-bond acceptors (Lipinski definition) is 4. The Morgan fingerprint density at radius 1 is 1.41 bits per heavy atom. The van der Waals surface area contributed by atoms with E-state index in [4.69, 9.17) is 0 Å². The third kappa shape index (κ3) is 4.14. The number of amides is 2. The van der Waals surface area contributed by atoms with Gasteiger partial charge in [-0.2, -0.15) is 13.2 Å². The van der Waals surface area contributed by atoms with Gasteiger partial charge in [-0.3, -0.25) is 9.59 Å². The number of β-amino-alcohol motifs (C(OH)–C–C–N with tert-alkyl or cyclic N) is 1. The minimum atomic E-state index is -4.43. The predicted octanol–water partition coefficient (Wildman–Crippen LogP) is 1.02. The number of rotatable bonds is 4. The highest BCUT2D eigenvalue weighted by molar-refractivity contribution is 8.00. The molecule has 1 aromatic carbocycles. The van der Waals surface area contributed by atoms with Crippen LogP contribution in [0.2, 0.25) is 0 Å². The van der Waals surface area contributed by atoms with Crippen LogP contribution in [-0.2, 0) is 16.1 Å². The zero-order chi connectivity index (χ0) is 16.3. The molecule has 3 N–H and O–H groups in total. The Morgan fingerprint density at radius 3 is 2.68 bits per heavy atom. The van der Waals surface area contributed by atoms with E-state index in [1.54, 1.807) is 6.07 Å². The van der Waals surface area contributed by atoms with Crippen LogP contribution in [-0.4, -0.2) is 35.1 Å². The number of aliphatic hydroxyl groups is 1. The number of hydrogen-bond donors (Lipinski definition) is 3. The SMILES string of the molecule is O=C(NCc1ccccc1SC(F)(F)F)C1C(=O)NCC1O. The smallest absolute Gasteiger partial charge is 0.390 e. The summed E-state index contributed by atoms with van der Waals surface area (Å²) >= 11 is -0.268. The van der Waals surface area contributed by atoms with Gasteiger partial charge < -0.3 is 15.7 Å². The van der Waals surface area contributed by atoms with Crippen molar-refractivity contribution in [1.29, 1.82) is 0 Å². The van der Waals surface area contributed by atoms with Crippen LogP contribution in [0.1, 0.15) is 5.56 Å². The van der Waals surface area contributed by atoms with Gasteiger partial charge in [-0.1, -0.05) is 18.2 Å². The second-order valence-corrected chi connectivity index (χ2v) is 5.77. The van der Waals surface area contributed by atoms with Gasteiger partial charge in [0.25, 0.3) is 0 Å².